The van der Waals surface area contributed by atoms with E-state index in [4.69, 9.17) is 4.74 Å². The lowest BCUT2D eigenvalue weighted by molar-refractivity contribution is -0.116. The minimum atomic E-state index is -0.503. The molecular formula is C25H25N3O4S2. The molecule has 34 heavy (non-hydrogen) atoms. The number of anilines is 1. The summed E-state index contributed by atoms with van der Waals surface area (Å²) in [6, 6.07) is 9.64. The number of thiophene rings is 2. The Hall–Kier alpha value is -3.30. The van der Waals surface area contributed by atoms with Crippen LogP contribution in [0.15, 0.2) is 40.5 Å². The maximum atomic E-state index is 13.0. The molecule has 1 aromatic carbocycles. The van der Waals surface area contributed by atoms with E-state index < -0.39 is 11.9 Å². The number of amides is 1. The maximum Gasteiger partial charge on any atom is 0.341 e. The molecule has 0 spiro atoms. The molecule has 0 aliphatic carbocycles. The number of fused-ring (bicyclic) bond motifs is 1. The lowest BCUT2D eigenvalue weighted by Crippen LogP contribution is -2.30. The van der Waals surface area contributed by atoms with Crippen LogP contribution in [0.25, 0.3) is 21.3 Å². The second kappa shape index (κ2) is 9.90. The van der Waals surface area contributed by atoms with Crippen LogP contribution >= 0.6 is 22.7 Å². The summed E-state index contributed by atoms with van der Waals surface area (Å²) in [6.07, 6.45) is 0.818. The van der Waals surface area contributed by atoms with Crippen molar-refractivity contribution in [2.45, 2.75) is 40.7 Å². The molecule has 0 aliphatic rings. The smallest absolute Gasteiger partial charge is 0.341 e. The van der Waals surface area contributed by atoms with Crippen LogP contribution in [0.1, 0.15) is 40.5 Å². The molecule has 1 amide bonds. The van der Waals surface area contributed by atoms with E-state index >= 15 is 0 Å². The number of aromatic nitrogens is 2. The Labute approximate surface area is 205 Å². The number of esters is 1. The third-order valence-corrected chi connectivity index (χ3v) is 7.50. The van der Waals surface area contributed by atoms with Gasteiger partial charge in [-0.1, -0.05) is 36.8 Å². The van der Waals surface area contributed by atoms with Crippen LogP contribution in [0.5, 0.6) is 0 Å². The Balaban J connectivity index is 1.65. The van der Waals surface area contributed by atoms with E-state index in [-0.39, 0.29) is 18.7 Å². The van der Waals surface area contributed by atoms with Gasteiger partial charge in [-0.15, -0.1) is 22.7 Å². The van der Waals surface area contributed by atoms with Gasteiger partial charge in [-0.2, -0.15) is 0 Å². The van der Waals surface area contributed by atoms with Gasteiger partial charge in [0.15, 0.2) is 0 Å². The van der Waals surface area contributed by atoms with E-state index in [2.05, 4.69) is 10.3 Å². The molecule has 176 valence electrons. The first-order valence-electron chi connectivity index (χ1n) is 11.0. The lowest BCUT2D eigenvalue weighted by Gasteiger charge is -2.11. The molecule has 1 N–H and O–H groups in total. The van der Waals surface area contributed by atoms with E-state index in [1.165, 1.54) is 27.2 Å². The molecule has 0 atom stereocenters. The van der Waals surface area contributed by atoms with Gasteiger partial charge in [0, 0.05) is 15.8 Å². The highest BCUT2D eigenvalue weighted by Gasteiger charge is 2.23. The molecule has 4 rings (SSSR count). The zero-order valence-electron chi connectivity index (χ0n) is 19.4. The third kappa shape index (κ3) is 4.67. The first-order chi connectivity index (χ1) is 16.3. The molecule has 3 heterocycles. The summed E-state index contributed by atoms with van der Waals surface area (Å²) >= 11 is 2.74. The van der Waals surface area contributed by atoms with Gasteiger partial charge in [-0.25, -0.2) is 9.78 Å². The van der Waals surface area contributed by atoms with Gasteiger partial charge < -0.3 is 10.1 Å². The Morgan fingerprint density at radius 3 is 2.56 bits per heavy atom. The molecule has 3 aromatic heterocycles. The van der Waals surface area contributed by atoms with Crippen molar-refractivity contribution in [1.29, 1.82) is 0 Å². The van der Waals surface area contributed by atoms with Crippen molar-refractivity contribution >= 4 is 49.8 Å². The Morgan fingerprint density at radius 2 is 1.88 bits per heavy atom. The molecule has 0 saturated heterocycles. The van der Waals surface area contributed by atoms with Gasteiger partial charge in [-0.3, -0.25) is 14.2 Å². The third-order valence-electron chi connectivity index (χ3n) is 5.43. The average Bonchev–Trinajstić information content (AvgIpc) is 3.41. The molecule has 4 aromatic rings. The van der Waals surface area contributed by atoms with Gasteiger partial charge in [0.05, 0.1) is 12.0 Å². The number of hydrogen-bond acceptors (Lipinski definition) is 7. The predicted molar refractivity (Wildman–Crippen MR) is 137 cm³/mol. The number of ether oxygens (including phenoxy) is 1. The molecule has 0 bridgehead atoms. The predicted octanol–water partition coefficient (Wildman–Crippen LogP) is 5.18. The zero-order valence-corrected chi connectivity index (χ0v) is 21.1. The van der Waals surface area contributed by atoms with Crippen LogP contribution in [-0.2, 0) is 22.5 Å². The molecule has 0 fully saturated rings. The average molecular weight is 496 g/mol. The summed E-state index contributed by atoms with van der Waals surface area (Å²) in [6.45, 7) is 7.48. The van der Waals surface area contributed by atoms with Gasteiger partial charge in [0.1, 0.15) is 27.8 Å². The van der Waals surface area contributed by atoms with Crippen molar-refractivity contribution in [2.24, 2.45) is 0 Å². The Bertz CT molecular complexity index is 1430. The fourth-order valence-electron chi connectivity index (χ4n) is 3.64. The molecule has 0 saturated carbocycles. The number of hydrogen-bond donors (Lipinski definition) is 1. The van der Waals surface area contributed by atoms with Gasteiger partial charge in [0.2, 0.25) is 5.91 Å². The van der Waals surface area contributed by atoms with Crippen molar-refractivity contribution < 1.29 is 14.3 Å². The maximum absolute atomic E-state index is 13.0. The summed E-state index contributed by atoms with van der Waals surface area (Å²) < 4.78 is 6.63. The normalized spacial score (nSPS) is 11.1. The van der Waals surface area contributed by atoms with Crippen molar-refractivity contribution in [2.75, 3.05) is 11.9 Å². The minimum Gasteiger partial charge on any atom is -0.462 e. The largest absolute Gasteiger partial charge is 0.462 e. The number of benzene rings is 1. The van der Waals surface area contributed by atoms with Crippen molar-refractivity contribution in [3.63, 3.8) is 0 Å². The molecule has 9 heteroatoms. The SMILES string of the molecule is CCOC(=O)c1c(-c2ccc(C)cc2)csc1NC(=O)Cn1c(C)nc2sc(CC)cc2c1=O. The first kappa shape index (κ1) is 23.8. The first-order valence-corrected chi connectivity index (χ1v) is 12.7. The van der Waals surface area contributed by atoms with Gasteiger partial charge in [-0.05, 0) is 38.8 Å². The topological polar surface area (TPSA) is 90.3 Å². The Kier molecular flexibility index (Phi) is 6.95. The number of carbonyl (C=O) groups is 2. The number of rotatable bonds is 7. The fraction of sp³-hybridized carbons (Fsp3) is 0.280. The van der Waals surface area contributed by atoms with Crippen LogP contribution in [-0.4, -0.2) is 28.0 Å². The van der Waals surface area contributed by atoms with Crippen LogP contribution in [0.3, 0.4) is 0 Å². The highest BCUT2D eigenvalue weighted by atomic mass is 32.1. The van der Waals surface area contributed by atoms with E-state index in [0.717, 1.165) is 22.4 Å². The molecule has 0 unspecified atom stereocenters. The second-order valence-corrected chi connectivity index (χ2v) is 9.82. The van der Waals surface area contributed by atoms with Gasteiger partial charge >= 0.3 is 5.97 Å². The summed E-state index contributed by atoms with van der Waals surface area (Å²) in [7, 11) is 0. The summed E-state index contributed by atoms with van der Waals surface area (Å²) in [5.41, 5.74) is 2.72. The van der Waals surface area contributed by atoms with Crippen molar-refractivity contribution in [3.8, 4) is 11.1 Å². The Morgan fingerprint density at radius 1 is 1.15 bits per heavy atom. The number of nitrogens with one attached hydrogen (secondary N) is 1. The second-order valence-electron chi connectivity index (χ2n) is 7.82. The monoisotopic (exact) mass is 495 g/mol. The minimum absolute atomic E-state index is 0.203. The van der Waals surface area contributed by atoms with E-state index in [9.17, 15) is 14.4 Å². The molecule has 7 nitrogen and oxygen atoms in total. The van der Waals surface area contributed by atoms with Crippen molar-refractivity contribution in [1.82, 2.24) is 9.55 Å². The number of carbonyl (C=O) groups excluding carboxylic acids is 2. The summed E-state index contributed by atoms with van der Waals surface area (Å²) in [4.78, 5) is 45.0. The summed E-state index contributed by atoms with van der Waals surface area (Å²) in [5, 5.41) is 5.55. The number of nitrogens with zero attached hydrogens (tertiary/aromatic N) is 2. The van der Waals surface area contributed by atoms with Crippen molar-refractivity contribution in [3.05, 3.63) is 67.9 Å². The van der Waals surface area contributed by atoms with E-state index in [1.54, 1.807) is 13.8 Å². The van der Waals surface area contributed by atoms with Crippen LogP contribution in [0, 0.1) is 13.8 Å². The van der Waals surface area contributed by atoms with Crippen LogP contribution in [0.4, 0.5) is 5.00 Å². The quantitative estimate of drug-likeness (QED) is 0.357. The van der Waals surface area contributed by atoms with Crippen LogP contribution < -0.4 is 10.9 Å². The fourth-order valence-corrected chi connectivity index (χ4v) is 5.62. The highest BCUT2D eigenvalue weighted by molar-refractivity contribution is 7.18. The zero-order chi connectivity index (χ0) is 24.4. The number of aryl methyl sites for hydroxylation is 3. The van der Waals surface area contributed by atoms with E-state index in [0.29, 0.717) is 32.2 Å². The standard InChI is InChI=1S/C25H25N3O4S2/c1-5-17-11-18-22(34-17)26-15(4)28(24(18)30)12-20(29)27-23-21(25(31)32-6-2)19(13-33-23)16-9-7-14(3)8-10-16/h7-11,13H,5-6,12H2,1-4H3,(H,27,29). The molecule has 0 radical (unpaired) electrons. The summed E-state index contributed by atoms with van der Waals surface area (Å²) in [5.74, 6) is -0.453. The van der Waals surface area contributed by atoms with E-state index in [1.807, 2.05) is 49.6 Å². The highest BCUT2D eigenvalue weighted by Crippen LogP contribution is 2.36. The van der Waals surface area contributed by atoms with Gasteiger partial charge in [0.25, 0.3) is 5.56 Å². The molecule has 0 aliphatic heterocycles. The molecular weight excluding hydrogens is 470 g/mol. The lowest BCUT2D eigenvalue weighted by atomic mass is 10.0. The van der Waals surface area contributed by atoms with Crippen LogP contribution in [0.2, 0.25) is 0 Å².